The number of nitrogens with zero attached hydrogens (tertiary/aromatic N) is 4. The third kappa shape index (κ3) is 3.72. The number of hydrogen-bond donors (Lipinski definition) is 1. The minimum atomic E-state index is 0.0786. The maximum absolute atomic E-state index is 12.9. The van der Waals surface area contributed by atoms with Gasteiger partial charge in [-0.15, -0.1) is 0 Å². The van der Waals surface area contributed by atoms with Gasteiger partial charge in [-0.1, -0.05) is 0 Å². The zero-order valence-corrected chi connectivity index (χ0v) is 17.0. The van der Waals surface area contributed by atoms with Crippen LogP contribution in [-0.4, -0.2) is 84.4 Å². The van der Waals surface area contributed by atoms with Gasteiger partial charge < -0.3 is 20.0 Å². The van der Waals surface area contributed by atoms with Gasteiger partial charge in [-0.05, 0) is 56.8 Å². The van der Waals surface area contributed by atoms with E-state index in [9.17, 15) is 9.59 Å². The Hall–Kier alpha value is -2.15. The Bertz CT molecular complexity index is 744. The molecule has 1 aromatic heterocycles. The van der Waals surface area contributed by atoms with Crippen LogP contribution >= 0.6 is 0 Å². The molecule has 3 aliphatic heterocycles. The molecule has 0 bridgehead atoms. The van der Waals surface area contributed by atoms with Crippen molar-refractivity contribution < 1.29 is 9.59 Å². The number of rotatable bonds is 3. The van der Waals surface area contributed by atoms with Crippen LogP contribution in [0.2, 0.25) is 0 Å². The predicted molar refractivity (Wildman–Crippen MR) is 108 cm³/mol. The van der Waals surface area contributed by atoms with Gasteiger partial charge in [-0.2, -0.15) is 0 Å². The Balaban J connectivity index is 1.40. The van der Waals surface area contributed by atoms with E-state index in [4.69, 9.17) is 0 Å². The van der Waals surface area contributed by atoms with Crippen LogP contribution in [0.25, 0.3) is 0 Å². The summed E-state index contributed by atoms with van der Waals surface area (Å²) < 4.78 is 0. The van der Waals surface area contributed by atoms with E-state index in [0.29, 0.717) is 29.8 Å². The summed E-state index contributed by atoms with van der Waals surface area (Å²) in [5, 5.41) is 2.99. The van der Waals surface area contributed by atoms with Crippen LogP contribution in [0.15, 0.2) is 18.3 Å². The molecule has 152 valence electrons. The van der Waals surface area contributed by atoms with Crippen LogP contribution in [0, 0.1) is 5.41 Å². The van der Waals surface area contributed by atoms with E-state index in [-0.39, 0.29) is 11.3 Å². The summed E-state index contributed by atoms with van der Waals surface area (Å²) in [6.45, 7) is 4.46. The maximum Gasteiger partial charge on any atom is 0.254 e. The quantitative estimate of drug-likeness (QED) is 0.857. The Kier molecular flexibility index (Phi) is 5.27. The third-order valence-electron chi connectivity index (χ3n) is 6.88. The van der Waals surface area contributed by atoms with E-state index < -0.39 is 0 Å². The fraction of sp³-hybridized carbons (Fsp3) is 0.667. The van der Waals surface area contributed by atoms with Gasteiger partial charge in [0.25, 0.3) is 5.91 Å². The zero-order valence-electron chi connectivity index (χ0n) is 17.0. The Morgan fingerprint density at radius 1 is 1.25 bits per heavy atom. The van der Waals surface area contributed by atoms with Gasteiger partial charge >= 0.3 is 0 Å². The number of carbonyl (C=O) groups excluding carboxylic acids is 2. The van der Waals surface area contributed by atoms with E-state index in [1.54, 1.807) is 19.3 Å². The van der Waals surface area contributed by atoms with Crippen molar-refractivity contribution in [1.82, 2.24) is 19.7 Å². The van der Waals surface area contributed by atoms with E-state index in [1.165, 1.54) is 0 Å². The van der Waals surface area contributed by atoms with Gasteiger partial charge in [0.05, 0.1) is 0 Å². The molecule has 2 amide bonds. The normalized spacial score (nSPS) is 25.4. The molecule has 0 saturated carbocycles. The fourth-order valence-corrected chi connectivity index (χ4v) is 5.02. The first kappa shape index (κ1) is 19.2. The molecular weight excluding hydrogens is 354 g/mol. The van der Waals surface area contributed by atoms with Crippen molar-refractivity contribution in [2.45, 2.75) is 38.1 Å². The lowest BCUT2D eigenvalue weighted by molar-refractivity contribution is -0.141. The minimum absolute atomic E-state index is 0.0786. The monoisotopic (exact) mass is 385 g/mol. The number of pyridine rings is 1. The number of piperidine rings is 2. The molecule has 3 saturated heterocycles. The van der Waals surface area contributed by atoms with Gasteiger partial charge in [0.2, 0.25) is 5.91 Å². The van der Waals surface area contributed by atoms with Crippen LogP contribution in [0.3, 0.4) is 0 Å². The predicted octanol–water partition coefficient (Wildman–Crippen LogP) is 1.67. The molecule has 1 N–H and O–H groups in total. The van der Waals surface area contributed by atoms with Crippen LogP contribution in [0.5, 0.6) is 0 Å². The molecule has 0 aromatic carbocycles. The molecule has 4 heterocycles. The number of amides is 2. The largest absolute Gasteiger partial charge is 0.373 e. The molecule has 7 heteroatoms. The molecule has 1 spiro atoms. The number of hydrogen-bond acceptors (Lipinski definition) is 5. The van der Waals surface area contributed by atoms with Crippen molar-refractivity contribution in [3.05, 3.63) is 23.9 Å². The Labute approximate surface area is 167 Å². The summed E-state index contributed by atoms with van der Waals surface area (Å²) in [6, 6.07) is 3.96. The van der Waals surface area contributed by atoms with Gasteiger partial charge in [0, 0.05) is 57.4 Å². The highest BCUT2D eigenvalue weighted by Gasteiger charge is 2.44. The summed E-state index contributed by atoms with van der Waals surface area (Å²) in [4.78, 5) is 36.1. The standard InChI is InChI=1S/C21H31N5O2/c1-22-18-13-16(4-9-23-18)20(28)25-11-7-21(8-12-25)6-3-19(27)26(15-21)17-5-10-24(2)14-17/h4,9,13,17H,3,5-8,10-12,14-15H2,1-2H3,(H,22,23)/t17-/m1/s1. The lowest BCUT2D eigenvalue weighted by Crippen LogP contribution is -2.55. The molecule has 0 aliphatic carbocycles. The maximum atomic E-state index is 12.9. The molecule has 3 aliphatic rings. The van der Waals surface area contributed by atoms with Crippen molar-refractivity contribution in [2.75, 3.05) is 52.1 Å². The second-order valence-corrected chi connectivity index (χ2v) is 8.70. The van der Waals surface area contributed by atoms with Crippen molar-refractivity contribution in [3.63, 3.8) is 0 Å². The molecule has 7 nitrogen and oxygen atoms in total. The van der Waals surface area contributed by atoms with Crippen molar-refractivity contribution in [1.29, 1.82) is 0 Å². The second kappa shape index (κ2) is 7.70. The van der Waals surface area contributed by atoms with E-state index in [1.807, 2.05) is 11.0 Å². The van der Waals surface area contributed by atoms with Crippen LogP contribution in [-0.2, 0) is 4.79 Å². The summed E-state index contributed by atoms with van der Waals surface area (Å²) in [7, 11) is 3.94. The smallest absolute Gasteiger partial charge is 0.254 e. The van der Waals surface area contributed by atoms with Crippen molar-refractivity contribution in [3.8, 4) is 0 Å². The SMILES string of the molecule is CNc1cc(C(=O)N2CCC3(CCC(=O)N([C@@H]4CCN(C)C4)C3)CC2)ccn1. The molecular formula is C21H31N5O2. The lowest BCUT2D eigenvalue weighted by atomic mass is 9.72. The number of aromatic nitrogens is 1. The Morgan fingerprint density at radius 3 is 2.71 bits per heavy atom. The number of likely N-dealkylation sites (N-methyl/N-ethyl adjacent to an activating group) is 1. The Morgan fingerprint density at radius 2 is 2.04 bits per heavy atom. The second-order valence-electron chi connectivity index (χ2n) is 8.70. The molecule has 0 radical (unpaired) electrons. The number of carbonyl (C=O) groups is 2. The molecule has 1 atom stereocenters. The highest BCUT2D eigenvalue weighted by molar-refractivity contribution is 5.94. The number of nitrogens with one attached hydrogen (secondary N) is 1. The first-order valence-corrected chi connectivity index (χ1v) is 10.4. The van der Waals surface area contributed by atoms with Crippen LogP contribution < -0.4 is 5.32 Å². The first-order valence-electron chi connectivity index (χ1n) is 10.4. The summed E-state index contributed by atoms with van der Waals surface area (Å²) >= 11 is 0. The fourth-order valence-electron chi connectivity index (χ4n) is 5.02. The highest BCUT2D eigenvalue weighted by atomic mass is 16.2. The molecule has 3 fully saturated rings. The van der Waals surface area contributed by atoms with E-state index in [0.717, 1.165) is 58.4 Å². The summed E-state index contributed by atoms with van der Waals surface area (Å²) in [5.74, 6) is 1.11. The molecule has 1 aromatic rings. The summed E-state index contributed by atoms with van der Waals surface area (Å²) in [6.07, 6.45) is 6.34. The van der Waals surface area contributed by atoms with Crippen molar-refractivity contribution >= 4 is 17.6 Å². The third-order valence-corrected chi connectivity index (χ3v) is 6.88. The molecule has 28 heavy (non-hydrogen) atoms. The van der Waals surface area contributed by atoms with Crippen LogP contribution in [0.1, 0.15) is 42.5 Å². The van der Waals surface area contributed by atoms with Gasteiger partial charge in [0.1, 0.15) is 5.82 Å². The topological polar surface area (TPSA) is 68.8 Å². The van der Waals surface area contributed by atoms with Crippen LogP contribution in [0.4, 0.5) is 5.82 Å². The minimum Gasteiger partial charge on any atom is -0.373 e. The summed E-state index contributed by atoms with van der Waals surface area (Å²) in [5.41, 5.74) is 0.866. The lowest BCUT2D eigenvalue weighted by Gasteiger charge is -2.49. The zero-order chi connectivity index (χ0) is 19.7. The molecule has 0 unspecified atom stereocenters. The van der Waals surface area contributed by atoms with E-state index >= 15 is 0 Å². The average Bonchev–Trinajstić information content (AvgIpc) is 3.16. The number of likely N-dealkylation sites (tertiary alicyclic amines) is 3. The van der Waals surface area contributed by atoms with Gasteiger partial charge in [-0.25, -0.2) is 4.98 Å². The number of anilines is 1. The van der Waals surface area contributed by atoms with Gasteiger partial charge in [0.15, 0.2) is 0 Å². The van der Waals surface area contributed by atoms with Crippen molar-refractivity contribution in [2.24, 2.45) is 5.41 Å². The molecule has 4 rings (SSSR count). The first-order chi connectivity index (χ1) is 13.5. The highest BCUT2D eigenvalue weighted by Crippen LogP contribution is 2.41. The average molecular weight is 386 g/mol. The van der Waals surface area contributed by atoms with Gasteiger partial charge in [-0.3, -0.25) is 9.59 Å². The van der Waals surface area contributed by atoms with E-state index in [2.05, 4.69) is 27.1 Å².